The van der Waals surface area contributed by atoms with Crippen molar-refractivity contribution in [3.63, 3.8) is 0 Å². The fourth-order valence-electron chi connectivity index (χ4n) is 3.72. The minimum atomic E-state index is -0.919. The number of carbonyl (C=O) groups is 1. The van der Waals surface area contributed by atoms with Gasteiger partial charge in [-0.25, -0.2) is 13.9 Å². The van der Waals surface area contributed by atoms with E-state index >= 15 is 0 Å². The molecule has 1 aliphatic rings. The van der Waals surface area contributed by atoms with E-state index in [1.807, 2.05) is 29.8 Å². The minimum absolute atomic E-state index is 0.132. The average Bonchev–Trinajstić information content (AvgIpc) is 3.12. The van der Waals surface area contributed by atoms with Crippen LogP contribution >= 0.6 is 0 Å². The van der Waals surface area contributed by atoms with Crippen LogP contribution in [0.4, 0.5) is 4.39 Å². The predicted octanol–water partition coefficient (Wildman–Crippen LogP) is 5.42. The molecule has 0 spiro atoms. The molecule has 0 saturated carbocycles. The van der Waals surface area contributed by atoms with Crippen molar-refractivity contribution < 1.29 is 19.0 Å². The van der Waals surface area contributed by atoms with Crippen molar-refractivity contribution in [1.82, 2.24) is 9.78 Å². The zero-order valence-electron chi connectivity index (χ0n) is 16.3. The number of rotatable bonds is 5. The molecule has 0 amide bonds. The number of fused-ring (bicyclic) bond motifs is 1. The van der Waals surface area contributed by atoms with E-state index in [0.29, 0.717) is 18.6 Å². The summed E-state index contributed by atoms with van der Waals surface area (Å²) in [7, 11) is 0. The van der Waals surface area contributed by atoms with Gasteiger partial charge >= 0.3 is 5.97 Å². The Hall–Kier alpha value is -2.99. The molecular weight excluding hydrogens is 371 g/mol. The van der Waals surface area contributed by atoms with Crippen LogP contribution in [-0.4, -0.2) is 27.5 Å². The highest BCUT2D eigenvalue weighted by Gasteiger charge is 2.22. The number of ether oxygens (including phenoxy) is 1. The number of aromatic nitrogens is 2. The maximum atomic E-state index is 13.4. The van der Waals surface area contributed by atoms with Crippen LogP contribution in [0.25, 0.3) is 28.2 Å². The Morgan fingerprint density at radius 2 is 2.07 bits per heavy atom. The van der Waals surface area contributed by atoms with Crippen LogP contribution in [0.5, 0.6) is 0 Å². The first-order chi connectivity index (χ1) is 14.1. The molecule has 1 N–H and O–H groups in total. The molecule has 150 valence electrons. The SMILES string of the molecule is CCC(=Cc1ccc2c(c1)c(-c1ccc(F)cc1)nn2C1CCCCO1)C(=O)O. The topological polar surface area (TPSA) is 64.4 Å². The number of halogens is 1. The van der Waals surface area contributed by atoms with Crippen molar-refractivity contribution >= 4 is 22.9 Å². The summed E-state index contributed by atoms with van der Waals surface area (Å²) in [6.07, 6.45) is 5.01. The zero-order valence-corrected chi connectivity index (χ0v) is 16.3. The first-order valence-corrected chi connectivity index (χ1v) is 9.90. The highest BCUT2D eigenvalue weighted by molar-refractivity contribution is 5.97. The van der Waals surface area contributed by atoms with Crippen LogP contribution in [0, 0.1) is 5.82 Å². The van der Waals surface area contributed by atoms with Crippen molar-refractivity contribution in [1.29, 1.82) is 0 Å². The van der Waals surface area contributed by atoms with Crippen LogP contribution in [0.3, 0.4) is 0 Å². The molecule has 1 unspecified atom stereocenters. The van der Waals surface area contributed by atoms with E-state index in [4.69, 9.17) is 9.84 Å². The maximum Gasteiger partial charge on any atom is 0.331 e. The van der Waals surface area contributed by atoms with Gasteiger partial charge in [-0.2, -0.15) is 5.10 Å². The first kappa shape index (κ1) is 19.3. The van der Waals surface area contributed by atoms with Crippen LogP contribution < -0.4 is 0 Å². The van der Waals surface area contributed by atoms with E-state index in [9.17, 15) is 14.3 Å². The lowest BCUT2D eigenvalue weighted by Crippen LogP contribution is -2.19. The summed E-state index contributed by atoms with van der Waals surface area (Å²) in [5, 5.41) is 15.1. The molecule has 5 nitrogen and oxygen atoms in total. The highest BCUT2D eigenvalue weighted by Crippen LogP contribution is 2.34. The van der Waals surface area contributed by atoms with Gasteiger partial charge in [0.1, 0.15) is 11.5 Å². The Bertz CT molecular complexity index is 1060. The van der Waals surface area contributed by atoms with Gasteiger partial charge in [-0.15, -0.1) is 0 Å². The number of hydrogen-bond acceptors (Lipinski definition) is 3. The lowest BCUT2D eigenvalue weighted by Gasteiger charge is -2.23. The Labute approximate surface area is 168 Å². The molecule has 0 bridgehead atoms. The quantitative estimate of drug-likeness (QED) is 0.587. The van der Waals surface area contributed by atoms with Gasteiger partial charge in [0, 0.05) is 23.1 Å². The van der Waals surface area contributed by atoms with E-state index < -0.39 is 5.97 Å². The van der Waals surface area contributed by atoms with Gasteiger partial charge < -0.3 is 9.84 Å². The highest BCUT2D eigenvalue weighted by atomic mass is 19.1. The van der Waals surface area contributed by atoms with E-state index in [0.717, 1.165) is 47.0 Å². The standard InChI is InChI=1S/C23H23FN2O3/c1-2-16(23(27)28)13-15-6-11-20-19(14-15)22(17-7-9-18(24)10-8-17)25-26(20)21-5-3-4-12-29-21/h6-11,13-14,21H,2-5,12H2,1H3,(H,27,28). The summed E-state index contributed by atoms with van der Waals surface area (Å²) < 4.78 is 21.3. The molecule has 0 aliphatic carbocycles. The molecule has 1 atom stereocenters. The number of hydrogen-bond donors (Lipinski definition) is 1. The smallest absolute Gasteiger partial charge is 0.331 e. The predicted molar refractivity (Wildman–Crippen MR) is 110 cm³/mol. The summed E-state index contributed by atoms with van der Waals surface area (Å²) in [6.45, 7) is 2.53. The summed E-state index contributed by atoms with van der Waals surface area (Å²) in [5.41, 5.74) is 3.60. The normalized spacial score (nSPS) is 17.6. The molecule has 3 aromatic rings. The molecular formula is C23H23FN2O3. The Balaban J connectivity index is 1.87. The molecule has 2 heterocycles. The summed E-state index contributed by atoms with van der Waals surface area (Å²) in [5.74, 6) is -1.22. The first-order valence-electron chi connectivity index (χ1n) is 9.90. The van der Waals surface area contributed by atoms with Gasteiger partial charge in [-0.3, -0.25) is 0 Å². The average molecular weight is 394 g/mol. The Morgan fingerprint density at radius 3 is 2.72 bits per heavy atom. The molecule has 2 aromatic carbocycles. The number of carboxylic acid groups (broad SMARTS) is 1. The molecule has 4 rings (SSSR count). The van der Waals surface area contributed by atoms with Gasteiger partial charge in [0.2, 0.25) is 0 Å². The molecule has 1 fully saturated rings. The lowest BCUT2D eigenvalue weighted by atomic mass is 10.0. The van der Waals surface area contributed by atoms with E-state index in [1.165, 1.54) is 12.1 Å². The van der Waals surface area contributed by atoms with Crippen molar-refractivity contribution in [2.75, 3.05) is 6.61 Å². The number of aliphatic carboxylic acids is 1. The molecule has 0 radical (unpaired) electrons. The van der Waals surface area contributed by atoms with Gasteiger partial charge in [0.05, 0.1) is 5.52 Å². The van der Waals surface area contributed by atoms with Crippen molar-refractivity contribution in [3.05, 3.63) is 59.4 Å². The molecule has 29 heavy (non-hydrogen) atoms. The van der Waals surface area contributed by atoms with Gasteiger partial charge in [0.15, 0.2) is 6.23 Å². The minimum Gasteiger partial charge on any atom is -0.478 e. The van der Waals surface area contributed by atoms with E-state index in [1.54, 1.807) is 18.2 Å². The summed E-state index contributed by atoms with van der Waals surface area (Å²) in [6, 6.07) is 12.0. The van der Waals surface area contributed by atoms with Crippen LogP contribution in [-0.2, 0) is 9.53 Å². The molecule has 1 saturated heterocycles. The second-order valence-electron chi connectivity index (χ2n) is 7.23. The maximum absolute atomic E-state index is 13.4. The number of nitrogens with zero attached hydrogens (tertiary/aromatic N) is 2. The van der Waals surface area contributed by atoms with E-state index in [-0.39, 0.29) is 12.0 Å². The fraction of sp³-hybridized carbons (Fsp3) is 0.304. The molecule has 6 heteroatoms. The number of carboxylic acids is 1. The van der Waals surface area contributed by atoms with Gasteiger partial charge in [-0.1, -0.05) is 13.0 Å². The van der Waals surface area contributed by atoms with Crippen LogP contribution in [0.15, 0.2) is 48.0 Å². The second kappa shape index (κ2) is 8.17. The third-order valence-electron chi connectivity index (χ3n) is 5.27. The van der Waals surface area contributed by atoms with Crippen molar-refractivity contribution in [2.24, 2.45) is 0 Å². The number of benzene rings is 2. The largest absolute Gasteiger partial charge is 0.478 e. The van der Waals surface area contributed by atoms with Gasteiger partial charge in [-0.05, 0) is 73.7 Å². The van der Waals surface area contributed by atoms with E-state index in [2.05, 4.69) is 0 Å². The summed E-state index contributed by atoms with van der Waals surface area (Å²) in [4.78, 5) is 11.4. The van der Waals surface area contributed by atoms with Gasteiger partial charge in [0.25, 0.3) is 0 Å². The van der Waals surface area contributed by atoms with Crippen LogP contribution in [0.2, 0.25) is 0 Å². The lowest BCUT2D eigenvalue weighted by molar-refractivity contribution is -0.132. The van der Waals surface area contributed by atoms with Crippen molar-refractivity contribution in [2.45, 2.75) is 38.8 Å². The third kappa shape index (κ3) is 3.93. The zero-order chi connectivity index (χ0) is 20.4. The Kier molecular flexibility index (Phi) is 5.45. The molecule has 1 aliphatic heterocycles. The van der Waals surface area contributed by atoms with Crippen molar-refractivity contribution in [3.8, 4) is 11.3 Å². The second-order valence-corrected chi connectivity index (χ2v) is 7.23. The Morgan fingerprint density at radius 1 is 1.28 bits per heavy atom. The fourth-order valence-corrected chi connectivity index (χ4v) is 3.72. The van der Waals surface area contributed by atoms with Crippen LogP contribution in [0.1, 0.15) is 44.4 Å². The monoisotopic (exact) mass is 394 g/mol. The third-order valence-corrected chi connectivity index (χ3v) is 5.27. The summed E-state index contributed by atoms with van der Waals surface area (Å²) >= 11 is 0. The molecule has 1 aromatic heterocycles.